The zero-order valence-corrected chi connectivity index (χ0v) is 21.8. The summed E-state index contributed by atoms with van der Waals surface area (Å²) in [4.78, 5) is 8.67. The van der Waals surface area contributed by atoms with Crippen molar-refractivity contribution in [2.45, 2.75) is 38.8 Å². The van der Waals surface area contributed by atoms with Crippen LogP contribution in [-0.4, -0.2) is 46.4 Å². The SMILES string of the molecule is Cc1nnc(CN=C(NCCc2cccs2)NC2CCCN(c3ccccc3)C2)n1C.I. The van der Waals surface area contributed by atoms with Crippen LogP contribution in [0.1, 0.15) is 29.4 Å². The van der Waals surface area contributed by atoms with Crippen LogP contribution in [0.15, 0.2) is 52.8 Å². The molecule has 2 aromatic heterocycles. The molecule has 1 saturated heterocycles. The van der Waals surface area contributed by atoms with Crippen LogP contribution in [0.25, 0.3) is 0 Å². The molecule has 0 spiro atoms. The molecule has 1 aliphatic heterocycles. The summed E-state index contributed by atoms with van der Waals surface area (Å²) in [5.74, 6) is 2.61. The van der Waals surface area contributed by atoms with Crippen LogP contribution >= 0.6 is 35.3 Å². The first kappa shape index (κ1) is 24.5. The summed E-state index contributed by atoms with van der Waals surface area (Å²) in [5.41, 5.74) is 1.28. The molecule has 1 aliphatic rings. The van der Waals surface area contributed by atoms with Gasteiger partial charge in [-0.05, 0) is 49.8 Å². The Balaban J connectivity index is 0.00000289. The van der Waals surface area contributed by atoms with Crippen molar-refractivity contribution in [3.63, 3.8) is 0 Å². The number of halogens is 1. The fourth-order valence-electron chi connectivity index (χ4n) is 3.81. The molecular weight excluding hydrogens is 533 g/mol. The molecule has 2 N–H and O–H groups in total. The van der Waals surface area contributed by atoms with E-state index < -0.39 is 0 Å². The molecule has 3 aromatic rings. The lowest BCUT2D eigenvalue weighted by Gasteiger charge is -2.35. The van der Waals surface area contributed by atoms with Crippen molar-refractivity contribution < 1.29 is 0 Å². The molecule has 0 aliphatic carbocycles. The van der Waals surface area contributed by atoms with E-state index in [-0.39, 0.29) is 24.0 Å². The van der Waals surface area contributed by atoms with Gasteiger partial charge in [-0.25, -0.2) is 4.99 Å². The smallest absolute Gasteiger partial charge is 0.192 e. The molecule has 0 radical (unpaired) electrons. The topological polar surface area (TPSA) is 70.4 Å². The standard InChI is InChI=1S/C23H31N7S.HI/c1-18-27-28-22(29(18)2)16-25-23(24-13-12-21-11-7-15-31-21)26-19-8-6-14-30(17-19)20-9-4-3-5-10-20;/h3-5,7,9-11,15,19H,6,8,12-14,16-17H2,1-2H3,(H2,24,25,26);1H. The van der Waals surface area contributed by atoms with Gasteiger partial charge in [-0.1, -0.05) is 24.3 Å². The monoisotopic (exact) mass is 565 g/mol. The molecule has 1 atom stereocenters. The molecule has 0 saturated carbocycles. The number of aliphatic imine (C=N–C) groups is 1. The second-order valence-electron chi connectivity index (χ2n) is 7.91. The van der Waals surface area contributed by atoms with Gasteiger partial charge in [-0.15, -0.1) is 45.5 Å². The van der Waals surface area contributed by atoms with Crippen LogP contribution in [0.4, 0.5) is 5.69 Å². The number of aryl methyl sites for hydroxylation is 1. The number of benzene rings is 1. The molecule has 7 nitrogen and oxygen atoms in total. The molecule has 4 rings (SSSR count). The maximum atomic E-state index is 4.83. The summed E-state index contributed by atoms with van der Waals surface area (Å²) < 4.78 is 1.99. The van der Waals surface area contributed by atoms with Crippen LogP contribution in [0.3, 0.4) is 0 Å². The summed E-state index contributed by atoms with van der Waals surface area (Å²) >= 11 is 1.79. The number of piperidine rings is 1. The minimum absolute atomic E-state index is 0. The second kappa shape index (κ2) is 12.2. The highest BCUT2D eigenvalue weighted by atomic mass is 127. The first-order valence-corrected chi connectivity index (χ1v) is 11.8. The Bertz CT molecular complexity index is 972. The van der Waals surface area contributed by atoms with Gasteiger partial charge in [0.2, 0.25) is 0 Å². The molecule has 0 amide bonds. The Morgan fingerprint density at radius 1 is 1.19 bits per heavy atom. The number of anilines is 1. The van der Waals surface area contributed by atoms with E-state index in [0.29, 0.717) is 12.6 Å². The number of para-hydroxylation sites is 1. The number of nitrogens with zero attached hydrogens (tertiary/aromatic N) is 5. The quantitative estimate of drug-likeness (QED) is 0.260. The Labute approximate surface area is 211 Å². The highest BCUT2D eigenvalue weighted by Gasteiger charge is 2.21. The predicted molar refractivity (Wildman–Crippen MR) is 143 cm³/mol. The van der Waals surface area contributed by atoms with Gasteiger partial charge in [0, 0.05) is 43.3 Å². The number of nitrogens with one attached hydrogen (secondary N) is 2. The second-order valence-corrected chi connectivity index (χ2v) is 8.94. The van der Waals surface area contributed by atoms with E-state index in [2.05, 4.69) is 73.6 Å². The Kier molecular flexibility index (Phi) is 9.34. The maximum Gasteiger partial charge on any atom is 0.192 e. The first-order chi connectivity index (χ1) is 15.2. The van der Waals surface area contributed by atoms with Gasteiger partial charge in [0.1, 0.15) is 12.4 Å². The van der Waals surface area contributed by atoms with Crippen LogP contribution in [0.2, 0.25) is 0 Å². The van der Waals surface area contributed by atoms with Gasteiger partial charge in [-0.2, -0.15) is 0 Å². The predicted octanol–water partition coefficient (Wildman–Crippen LogP) is 3.75. The Morgan fingerprint density at radius 2 is 2.03 bits per heavy atom. The fraction of sp³-hybridized carbons (Fsp3) is 0.435. The molecule has 32 heavy (non-hydrogen) atoms. The number of aromatic nitrogens is 3. The van der Waals surface area contributed by atoms with E-state index in [9.17, 15) is 0 Å². The summed E-state index contributed by atoms with van der Waals surface area (Å²) in [6, 6.07) is 15.3. The van der Waals surface area contributed by atoms with Gasteiger partial charge in [0.15, 0.2) is 11.8 Å². The van der Waals surface area contributed by atoms with Crippen molar-refractivity contribution in [1.82, 2.24) is 25.4 Å². The van der Waals surface area contributed by atoms with E-state index >= 15 is 0 Å². The first-order valence-electron chi connectivity index (χ1n) is 10.9. The fourth-order valence-corrected chi connectivity index (χ4v) is 4.52. The molecule has 1 fully saturated rings. The minimum atomic E-state index is 0. The molecule has 1 aromatic carbocycles. The third-order valence-electron chi connectivity index (χ3n) is 5.69. The highest BCUT2D eigenvalue weighted by Crippen LogP contribution is 2.19. The van der Waals surface area contributed by atoms with E-state index in [1.165, 1.54) is 10.6 Å². The van der Waals surface area contributed by atoms with E-state index in [1.807, 2.05) is 18.5 Å². The van der Waals surface area contributed by atoms with E-state index in [0.717, 1.165) is 56.5 Å². The number of hydrogen-bond acceptors (Lipinski definition) is 5. The summed E-state index contributed by atoms with van der Waals surface area (Å²) in [5, 5.41) is 17.7. The summed E-state index contributed by atoms with van der Waals surface area (Å²) in [7, 11) is 1.98. The molecule has 9 heteroatoms. The van der Waals surface area contributed by atoms with Crippen LogP contribution < -0.4 is 15.5 Å². The number of hydrogen-bond donors (Lipinski definition) is 2. The number of thiophene rings is 1. The van der Waals surface area contributed by atoms with Gasteiger partial charge < -0.3 is 20.1 Å². The van der Waals surface area contributed by atoms with Crippen molar-refractivity contribution >= 4 is 47.0 Å². The lowest BCUT2D eigenvalue weighted by atomic mass is 10.1. The van der Waals surface area contributed by atoms with E-state index in [4.69, 9.17) is 4.99 Å². The maximum absolute atomic E-state index is 4.83. The summed E-state index contributed by atoms with van der Waals surface area (Å²) in [6.45, 7) is 5.37. The average Bonchev–Trinajstić information content (AvgIpc) is 3.43. The van der Waals surface area contributed by atoms with Gasteiger partial charge in [0.05, 0.1) is 0 Å². The average molecular weight is 566 g/mol. The third kappa shape index (κ3) is 6.68. The molecule has 0 bridgehead atoms. The van der Waals surface area contributed by atoms with Crippen LogP contribution in [0.5, 0.6) is 0 Å². The van der Waals surface area contributed by atoms with Crippen LogP contribution in [0, 0.1) is 6.92 Å². The third-order valence-corrected chi connectivity index (χ3v) is 6.63. The van der Waals surface area contributed by atoms with Crippen molar-refractivity contribution in [1.29, 1.82) is 0 Å². The van der Waals surface area contributed by atoms with Gasteiger partial charge in [-0.3, -0.25) is 0 Å². The Morgan fingerprint density at radius 3 is 2.75 bits per heavy atom. The lowest BCUT2D eigenvalue weighted by molar-refractivity contribution is 0.467. The highest BCUT2D eigenvalue weighted by molar-refractivity contribution is 14.0. The zero-order chi connectivity index (χ0) is 21.5. The van der Waals surface area contributed by atoms with Crippen LogP contribution in [-0.2, 0) is 20.0 Å². The molecule has 3 heterocycles. The summed E-state index contributed by atoms with van der Waals surface area (Å²) in [6.07, 6.45) is 3.29. The Hall–Kier alpha value is -2.14. The van der Waals surface area contributed by atoms with E-state index in [1.54, 1.807) is 11.3 Å². The normalized spacial score (nSPS) is 16.5. The molecular formula is C23H32IN7S. The number of guanidine groups is 1. The molecule has 172 valence electrons. The zero-order valence-electron chi connectivity index (χ0n) is 18.7. The van der Waals surface area contributed by atoms with Gasteiger partial charge in [0.25, 0.3) is 0 Å². The van der Waals surface area contributed by atoms with Crippen molar-refractivity contribution in [3.8, 4) is 0 Å². The van der Waals surface area contributed by atoms with Gasteiger partial charge >= 0.3 is 0 Å². The largest absolute Gasteiger partial charge is 0.369 e. The van der Waals surface area contributed by atoms with Crippen molar-refractivity contribution in [3.05, 3.63) is 64.4 Å². The number of rotatable bonds is 7. The van der Waals surface area contributed by atoms with Crippen molar-refractivity contribution in [2.24, 2.45) is 12.0 Å². The minimum Gasteiger partial charge on any atom is -0.369 e. The molecule has 1 unspecified atom stereocenters. The van der Waals surface area contributed by atoms with Crippen molar-refractivity contribution in [2.75, 3.05) is 24.5 Å². The lowest BCUT2D eigenvalue weighted by Crippen LogP contribution is -2.51.